The normalized spacial score (nSPS) is 10.3. The lowest BCUT2D eigenvalue weighted by molar-refractivity contribution is -0.116. The Kier molecular flexibility index (Phi) is 6.49. The molecule has 0 saturated carbocycles. The molecule has 0 unspecified atom stereocenters. The molecule has 5 nitrogen and oxygen atoms in total. The first-order valence-corrected chi connectivity index (χ1v) is 6.04. The molecule has 0 spiro atoms. The summed E-state index contributed by atoms with van der Waals surface area (Å²) in [7, 11) is 0. The summed E-state index contributed by atoms with van der Waals surface area (Å²) in [5.41, 5.74) is 6.68. The van der Waals surface area contributed by atoms with E-state index in [2.05, 4.69) is 5.32 Å². The van der Waals surface area contributed by atoms with Gasteiger partial charge in [0.1, 0.15) is 0 Å². The molecule has 0 bridgehead atoms. The highest BCUT2D eigenvalue weighted by Crippen LogP contribution is 2.22. The zero-order chi connectivity index (χ0) is 13.4. The van der Waals surface area contributed by atoms with Crippen LogP contribution in [0.25, 0.3) is 0 Å². The molecular formula is C12H17ClN2O3. The average Bonchev–Trinajstić information content (AvgIpc) is 2.34. The van der Waals surface area contributed by atoms with E-state index in [0.29, 0.717) is 42.5 Å². The van der Waals surface area contributed by atoms with Gasteiger partial charge >= 0.3 is 0 Å². The van der Waals surface area contributed by atoms with Crippen molar-refractivity contribution in [3.05, 3.63) is 23.2 Å². The fraction of sp³-hybridized carbons (Fsp3) is 0.417. The van der Waals surface area contributed by atoms with Gasteiger partial charge in [0.2, 0.25) is 5.91 Å². The van der Waals surface area contributed by atoms with Gasteiger partial charge in [-0.15, -0.1) is 0 Å². The first-order valence-electron chi connectivity index (χ1n) is 5.67. The van der Waals surface area contributed by atoms with Crippen molar-refractivity contribution in [3.8, 4) is 0 Å². The van der Waals surface area contributed by atoms with E-state index in [1.165, 1.54) is 0 Å². The maximum atomic E-state index is 11.6. The molecule has 1 rings (SSSR count). The van der Waals surface area contributed by atoms with Gasteiger partial charge < -0.3 is 20.9 Å². The van der Waals surface area contributed by atoms with Crippen molar-refractivity contribution < 1.29 is 14.6 Å². The van der Waals surface area contributed by atoms with Crippen LogP contribution in [0.3, 0.4) is 0 Å². The maximum absolute atomic E-state index is 11.6. The first kappa shape index (κ1) is 14.8. The number of nitrogens with two attached hydrogens (primary N) is 1. The molecule has 1 aromatic carbocycles. The number of halogens is 1. The second kappa shape index (κ2) is 7.92. The van der Waals surface area contributed by atoms with Crippen LogP contribution in [0.5, 0.6) is 0 Å². The maximum Gasteiger partial charge on any atom is 0.224 e. The lowest BCUT2D eigenvalue weighted by Gasteiger charge is -2.07. The van der Waals surface area contributed by atoms with Crippen LogP contribution in [-0.2, 0) is 9.53 Å². The van der Waals surface area contributed by atoms with E-state index < -0.39 is 0 Å². The molecule has 0 atom stereocenters. The predicted molar refractivity (Wildman–Crippen MR) is 71.6 cm³/mol. The highest BCUT2D eigenvalue weighted by Gasteiger charge is 2.04. The van der Waals surface area contributed by atoms with Crippen LogP contribution in [-0.4, -0.2) is 30.8 Å². The summed E-state index contributed by atoms with van der Waals surface area (Å²) >= 11 is 5.77. The first-order chi connectivity index (χ1) is 8.63. The molecule has 0 saturated heterocycles. The Labute approximate surface area is 111 Å². The van der Waals surface area contributed by atoms with Crippen molar-refractivity contribution in [1.82, 2.24) is 0 Å². The minimum Gasteiger partial charge on any atom is -0.397 e. The summed E-state index contributed by atoms with van der Waals surface area (Å²) in [6.07, 6.45) is 0.961. The number of ether oxygens (including phenoxy) is 1. The van der Waals surface area contributed by atoms with E-state index in [-0.39, 0.29) is 12.5 Å². The molecule has 1 aromatic rings. The third-order valence-electron chi connectivity index (χ3n) is 2.21. The number of rotatable bonds is 7. The molecule has 0 aliphatic rings. The Bertz CT molecular complexity index is 399. The summed E-state index contributed by atoms with van der Waals surface area (Å²) in [5, 5.41) is 11.7. The summed E-state index contributed by atoms with van der Waals surface area (Å²) in [6.45, 7) is 0.752. The number of aliphatic hydroxyl groups is 1. The van der Waals surface area contributed by atoms with Crippen molar-refractivity contribution >= 4 is 28.9 Å². The second-order valence-electron chi connectivity index (χ2n) is 3.72. The Balaban J connectivity index is 2.29. The van der Waals surface area contributed by atoms with Crippen LogP contribution in [0.15, 0.2) is 18.2 Å². The van der Waals surface area contributed by atoms with Crippen LogP contribution in [0.2, 0.25) is 5.02 Å². The summed E-state index contributed by atoms with van der Waals surface area (Å²) < 4.78 is 5.05. The van der Waals surface area contributed by atoms with E-state index in [0.717, 1.165) is 0 Å². The average molecular weight is 273 g/mol. The van der Waals surface area contributed by atoms with Crippen LogP contribution in [0.4, 0.5) is 11.4 Å². The van der Waals surface area contributed by atoms with E-state index in [1.807, 2.05) is 0 Å². The SMILES string of the molecule is Nc1cc(NC(=O)CCCOCCO)ccc1Cl. The largest absolute Gasteiger partial charge is 0.397 e. The number of anilines is 2. The Hall–Kier alpha value is -1.30. The lowest BCUT2D eigenvalue weighted by Crippen LogP contribution is -2.12. The van der Waals surface area contributed by atoms with Gasteiger partial charge in [-0.1, -0.05) is 11.6 Å². The van der Waals surface area contributed by atoms with Crippen LogP contribution in [0, 0.1) is 0 Å². The second-order valence-corrected chi connectivity index (χ2v) is 4.13. The van der Waals surface area contributed by atoms with Gasteiger partial charge in [0, 0.05) is 18.7 Å². The van der Waals surface area contributed by atoms with Gasteiger partial charge in [0.25, 0.3) is 0 Å². The zero-order valence-electron chi connectivity index (χ0n) is 9.99. The van der Waals surface area contributed by atoms with Crippen molar-refractivity contribution in [3.63, 3.8) is 0 Å². The van der Waals surface area contributed by atoms with Gasteiger partial charge in [0.05, 0.1) is 23.9 Å². The molecule has 0 aromatic heterocycles. The fourth-order valence-electron chi connectivity index (χ4n) is 1.35. The number of hydrogen-bond donors (Lipinski definition) is 3. The van der Waals surface area contributed by atoms with Crippen LogP contribution in [0.1, 0.15) is 12.8 Å². The highest BCUT2D eigenvalue weighted by molar-refractivity contribution is 6.33. The number of hydrogen-bond acceptors (Lipinski definition) is 4. The Morgan fingerprint density at radius 1 is 1.44 bits per heavy atom. The number of amides is 1. The third kappa shape index (κ3) is 5.35. The van der Waals surface area contributed by atoms with Crippen LogP contribution >= 0.6 is 11.6 Å². The molecule has 1 amide bonds. The molecule has 4 N–H and O–H groups in total. The van der Waals surface area contributed by atoms with Crippen molar-refractivity contribution in [1.29, 1.82) is 0 Å². The molecular weight excluding hydrogens is 256 g/mol. The number of carbonyl (C=O) groups excluding carboxylic acids is 1. The van der Waals surface area contributed by atoms with Gasteiger partial charge in [0.15, 0.2) is 0 Å². The third-order valence-corrected chi connectivity index (χ3v) is 2.55. The van der Waals surface area contributed by atoms with E-state index in [4.69, 9.17) is 27.2 Å². The predicted octanol–water partition coefficient (Wildman–Crippen LogP) is 1.65. The smallest absolute Gasteiger partial charge is 0.224 e. The Morgan fingerprint density at radius 2 is 2.22 bits per heavy atom. The molecule has 6 heteroatoms. The monoisotopic (exact) mass is 272 g/mol. The van der Waals surface area contributed by atoms with Gasteiger partial charge in [-0.05, 0) is 24.6 Å². The molecule has 0 aliphatic carbocycles. The number of aliphatic hydroxyl groups excluding tert-OH is 1. The Morgan fingerprint density at radius 3 is 2.89 bits per heavy atom. The van der Waals surface area contributed by atoms with Crippen LogP contribution < -0.4 is 11.1 Å². The van der Waals surface area contributed by atoms with Crippen molar-refractivity contribution in [2.24, 2.45) is 0 Å². The molecule has 0 radical (unpaired) electrons. The zero-order valence-corrected chi connectivity index (χ0v) is 10.7. The lowest BCUT2D eigenvalue weighted by atomic mass is 10.2. The number of benzene rings is 1. The van der Waals surface area contributed by atoms with Gasteiger partial charge in [-0.2, -0.15) is 0 Å². The topological polar surface area (TPSA) is 84.6 Å². The number of nitrogens with one attached hydrogen (secondary N) is 1. The molecule has 100 valence electrons. The van der Waals surface area contributed by atoms with E-state index in [1.54, 1.807) is 18.2 Å². The van der Waals surface area contributed by atoms with E-state index >= 15 is 0 Å². The number of carbonyl (C=O) groups is 1. The summed E-state index contributed by atoms with van der Waals surface area (Å²) in [5.74, 6) is -0.107. The summed E-state index contributed by atoms with van der Waals surface area (Å²) in [4.78, 5) is 11.6. The minimum absolute atomic E-state index is 0.00372. The van der Waals surface area contributed by atoms with Gasteiger partial charge in [-0.25, -0.2) is 0 Å². The molecule has 0 aliphatic heterocycles. The fourth-order valence-corrected chi connectivity index (χ4v) is 1.46. The molecule has 18 heavy (non-hydrogen) atoms. The summed E-state index contributed by atoms with van der Waals surface area (Å²) in [6, 6.07) is 4.94. The standard InChI is InChI=1S/C12H17ClN2O3/c13-10-4-3-9(8-11(10)14)15-12(17)2-1-6-18-7-5-16/h3-4,8,16H,1-2,5-7,14H2,(H,15,17). The van der Waals surface area contributed by atoms with Gasteiger partial charge in [-0.3, -0.25) is 4.79 Å². The molecule has 0 fully saturated rings. The highest BCUT2D eigenvalue weighted by atomic mass is 35.5. The minimum atomic E-state index is -0.107. The van der Waals surface area contributed by atoms with Crippen molar-refractivity contribution in [2.75, 3.05) is 30.9 Å². The molecule has 0 heterocycles. The van der Waals surface area contributed by atoms with Crippen molar-refractivity contribution in [2.45, 2.75) is 12.8 Å². The number of nitrogen functional groups attached to an aromatic ring is 1. The quantitative estimate of drug-likeness (QED) is 0.520. The van der Waals surface area contributed by atoms with E-state index in [9.17, 15) is 4.79 Å².